The first-order valence-electron chi connectivity index (χ1n) is 6.98. The molecule has 114 valence electrons. The zero-order valence-electron chi connectivity index (χ0n) is 12.9. The molecule has 0 saturated carbocycles. The van der Waals surface area contributed by atoms with Crippen molar-refractivity contribution >= 4 is 11.6 Å². The Kier molecular flexibility index (Phi) is 5.20. The van der Waals surface area contributed by atoms with Gasteiger partial charge >= 0.3 is 0 Å². The van der Waals surface area contributed by atoms with Crippen molar-refractivity contribution in [1.82, 2.24) is 20.1 Å². The number of rotatable bonds is 6. The van der Waals surface area contributed by atoms with Crippen molar-refractivity contribution in [3.8, 4) is 5.88 Å². The molecule has 1 N–H and O–H groups in total. The van der Waals surface area contributed by atoms with Gasteiger partial charge in [0.25, 0.3) is 0 Å². The van der Waals surface area contributed by atoms with Crippen LogP contribution in [0.2, 0.25) is 5.02 Å². The first-order chi connectivity index (χ1) is 9.99. The van der Waals surface area contributed by atoms with Gasteiger partial charge in [-0.3, -0.25) is 4.68 Å². The third-order valence-corrected chi connectivity index (χ3v) is 3.56. The van der Waals surface area contributed by atoms with Crippen LogP contribution in [0.4, 0.5) is 0 Å². The summed E-state index contributed by atoms with van der Waals surface area (Å²) in [5.74, 6) is 0.673. The molecular weight excluding hydrogens is 288 g/mol. The molecule has 5 nitrogen and oxygen atoms in total. The summed E-state index contributed by atoms with van der Waals surface area (Å²) in [6.07, 6.45) is 1.84. The molecule has 0 aliphatic carbocycles. The summed E-state index contributed by atoms with van der Waals surface area (Å²) in [7, 11) is 1.90. The summed E-state index contributed by atoms with van der Waals surface area (Å²) in [5.41, 5.74) is 2.85. The van der Waals surface area contributed by atoms with Gasteiger partial charge in [-0.05, 0) is 26.8 Å². The van der Waals surface area contributed by atoms with E-state index < -0.39 is 0 Å². The van der Waals surface area contributed by atoms with E-state index in [1.807, 2.05) is 40.0 Å². The van der Waals surface area contributed by atoms with Crippen LogP contribution in [-0.2, 0) is 20.1 Å². The van der Waals surface area contributed by atoms with Crippen LogP contribution in [0, 0.1) is 6.92 Å². The van der Waals surface area contributed by atoms with E-state index in [-0.39, 0.29) is 6.10 Å². The summed E-state index contributed by atoms with van der Waals surface area (Å²) >= 11 is 6.24. The fraction of sp³-hybridized carbons (Fsp3) is 0.467. The SMILES string of the molecule is Cc1nn(C)c(CNCc2cccnc2OC(C)C)c1Cl. The van der Waals surface area contributed by atoms with Gasteiger partial charge in [0.15, 0.2) is 0 Å². The van der Waals surface area contributed by atoms with Crippen LogP contribution in [0.5, 0.6) is 5.88 Å². The van der Waals surface area contributed by atoms with Gasteiger partial charge in [0.2, 0.25) is 5.88 Å². The van der Waals surface area contributed by atoms with E-state index in [2.05, 4.69) is 15.4 Å². The highest BCUT2D eigenvalue weighted by atomic mass is 35.5. The number of pyridine rings is 1. The highest BCUT2D eigenvalue weighted by Gasteiger charge is 2.11. The molecule has 0 aliphatic rings. The Labute approximate surface area is 130 Å². The Morgan fingerprint density at radius 3 is 2.76 bits per heavy atom. The molecule has 0 amide bonds. The number of ether oxygens (including phenoxy) is 1. The van der Waals surface area contributed by atoms with Crippen molar-refractivity contribution in [2.75, 3.05) is 0 Å². The van der Waals surface area contributed by atoms with Gasteiger partial charge in [-0.15, -0.1) is 0 Å². The number of aromatic nitrogens is 3. The molecule has 2 aromatic heterocycles. The second kappa shape index (κ2) is 6.91. The Bertz CT molecular complexity index is 610. The van der Waals surface area contributed by atoms with E-state index in [0.717, 1.165) is 22.0 Å². The van der Waals surface area contributed by atoms with Crippen LogP contribution in [0.15, 0.2) is 18.3 Å². The van der Waals surface area contributed by atoms with E-state index in [1.165, 1.54) is 0 Å². The lowest BCUT2D eigenvalue weighted by Gasteiger charge is -2.13. The largest absolute Gasteiger partial charge is 0.475 e. The standard InChI is InChI=1S/C15H21ClN4O/c1-10(2)21-15-12(6-5-7-18-15)8-17-9-13-14(16)11(3)19-20(13)4/h5-7,10,17H,8-9H2,1-4H3. The molecule has 2 rings (SSSR count). The van der Waals surface area contributed by atoms with Crippen LogP contribution < -0.4 is 10.1 Å². The zero-order chi connectivity index (χ0) is 15.4. The minimum atomic E-state index is 0.104. The normalized spacial score (nSPS) is 11.1. The monoisotopic (exact) mass is 308 g/mol. The smallest absolute Gasteiger partial charge is 0.218 e. The number of halogens is 1. The van der Waals surface area contributed by atoms with Crippen molar-refractivity contribution in [2.45, 2.75) is 40.0 Å². The topological polar surface area (TPSA) is 52.0 Å². The fourth-order valence-corrected chi connectivity index (χ4v) is 2.30. The first kappa shape index (κ1) is 15.8. The number of hydrogen-bond acceptors (Lipinski definition) is 4. The molecule has 21 heavy (non-hydrogen) atoms. The van der Waals surface area contributed by atoms with Gasteiger partial charge in [0, 0.05) is 31.9 Å². The van der Waals surface area contributed by atoms with Gasteiger partial charge in [0.05, 0.1) is 22.5 Å². The second-order valence-electron chi connectivity index (χ2n) is 5.21. The first-order valence-corrected chi connectivity index (χ1v) is 7.36. The van der Waals surface area contributed by atoms with E-state index in [1.54, 1.807) is 10.9 Å². The molecule has 0 fully saturated rings. The molecule has 2 aromatic rings. The summed E-state index contributed by atoms with van der Waals surface area (Å²) < 4.78 is 7.51. The molecule has 0 bridgehead atoms. The van der Waals surface area contributed by atoms with Gasteiger partial charge in [-0.25, -0.2) is 4.98 Å². The van der Waals surface area contributed by atoms with Gasteiger partial charge in [-0.1, -0.05) is 17.7 Å². The predicted octanol–water partition coefficient (Wildman–Crippen LogP) is 2.85. The number of hydrogen-bond donors (Lipinski definition) is 1. The maximum Gasteiger partial charge on any atom is 0.218 e. The molecule has 0 unspecified atom stereocenters. The molecular formula is C15H21ClN4O. The Hall–Kier alpha value is -1.59. The maximum absolute atomic E-state index is 6.24. The lowest BCUT2D eigenvalue weighted by molar-refractivity contribution is 0.229. The third kappa shape index (κ3) is 3.95. The summed E-state index contributed by atoms with van der Waals surface area (Å²) in [4.78, 5) is 4.28. The molecule has 0 atom stereocenters. The minimum Gasteiger partial charge on any atom is -0.475 e. The quantitative estimate of drug-likeness (QED) is 0.891. The third-order valence-electron chi connectivity index (χ3n) is 3.07. The average molecular weight is 309 g/mol. The van der Waals surface area contributed by atoms with E-state index in [0.29, 0.717) is 19.0 Å². The van der Waals surface area contributed by atoms with Crippen molar-refractivity contribution in [1.29, 1.82) is 0 Å². The lowest BCUT2D eigenvalue weighted by Crippen LogP contribution is -2.17. The minimum absolute atomic E-state index is 0.104. The van der Waals surface area contributed by atoms with Crippen LogP contribution >= 0.6 is 11.6 Å². The second-order valence-corrected chi connectivity index (χ2v) is 5.59. The molecule has 0 aromatic carbocycles. The molecule has 2 heterocycles. The van der Waals surface area contributed by atoms with Crippen LogP contribution in [0.3, 0.4) is 0 Å². The van der Waals surface area contributed by atoms with Crippen LogP contribution in [0.25, 0.3) is 0 Å². The summed E-state index contributed by atoms with van der Waals surface area (Å²) in [6.45, 7) is 7.19. The zero-order valence-corrected chi connectivity index (χ0v) is 13.6. The maximum atomic E-state index is 6.24. The van der Waals surface area contributed by atoms with Crippen LogP contribution in [-0.4, -0.2) is 20.9 Å². The lowest BCUT2D eigenvalue weighted by atomic mass is 10.2. The Morgan fingerprint density at radius 2 is 2.14 bits per heavy atom. The highest BCUT2D eigenvalue weighted by molar-refractivity contribution is 6.31. The number of nitrogens with zero attached hydrogens (tertiary/aromatic N) is 3. The van der Waals surface area contributed by atoms with Crippen molar-refractivity contribution in [3.05, 3.63) is 40.3 Å². The van der Waals surface area contributed by atoms with E-state index in [4.69, 9.17) is 16.3 Å². The molecule has 0 spiro atoms. The van der Waals surface area contributed by atoms with Crippen LogP contribution in [0.1, 0.15) is 30.8 Å². The Balaban J connectivity index is 2.00. The Morgan fingerprint density at radius 1 is 1.38 bits per heavy atom. The number of aryl methyl sites for hydroxylation is 2. The summed E-state index contributed by atoms with van der Waals surface area (Å²) in [5, 5.41) is 8.38. The predicted molar refractivity (Wildman–Crippen MR) is 83.5 cm³/mol. The molecule has 0 aliphatic heterocycles. The van der Waals surface area contributed by atoms with E-state index in [9.17, 15) is 0 Å². The fourth-order valence-electron chi connectivity index (χ4n) is 2.08. The van der Waals surface area contributed by atoms with Gasteiger partial charge in [0.1, 0.15) is 0 Å². The van der Waals surface area contributed by atoms with Crippen molar-refractivity contribution in [3.63, 3.8) is 0 Å². The van der Waals surface area contributed by atoms with Gasteiger partial charge in [-0.2, -0.15) is 5.10 Å². The average Bonchev–Trinajstić information content (AvgIpc) is 2.66. The van der Waals surface area contributed by atoms with E-state index >= 15 is 0 Å². The highest BCUT2D eigenvalue weighted by Crippen LogP contribution is 2.20. The molecule has 6 heteroatoms. The molecule has 0 saturated heterocycles. The van der Waals surface area contributed by atoms with Crippen molar-refractivity contribution in [2.24, 2.45) is 7.05 Å². The molecule has 0 radical (unpaired) electrons. The number of nitrogens with one attached hydrogen (secondary N) is 1. The summed E-state index contributed by atoms with van der Waals surface area (Å²) in [6, 6.07) is 3.92. The van der Waals surface area contributed by atoms with Gasteiger partial charge < -0.3 is 10.1 Å². The van der Waals surface area contributed by atoms with Crippen molar-refractivity contribution < 1.29 is 4.74 Å².